The first-order valence-corrected chi connectivity index (χ1v) is 19.0. The molecule has 1 heteroatoms. The second kappa shape index (κ2) is 10.3. The molecule has 0 nitrogen and oxygen atoms in total. The van der Waals surface area contributed by atoms with E-state index in [9.17, 15) is 0 Å². The van der Waals surface area contributed by atoms with Gasteiger partial charge in [-0.15, -0.1) is 0 Å². The van der Waals surface area contributed by atoms with Crippen LogP contribution in [-0.2, 0) is 0 Å². The average Bonchev–Trinajstić information content (AvgIpc) is 3.06. The number of hydrogen-bond acceptors (Lipinski definition) is 0. The number of benzene rings is 8. The molecule has 0 heterocycles. The molecule has 0 spiro atoms. The van der Waals surface area contributed by atoms with E-state index >= 15 is 0 Å². The van der Waals surface area contributed by atoms with Gasteiger partial charge >= 0.3 is 0 Å². The minimum atomic E-state index is -1.36. The Kier molecular flexibility index (Phi) is 6.25. The van der Waals surface area contributed by atoms with Crippen LogP contribution in [0.15, 0.2) is 152 Å². The van der Waals surface area contributed by atoms with Crippen LogP contribution in [0.5, 0.6) is 0 Å². The average molecular weight is 579 g/mol. The van der Waals surface area contributed by atoms with Gasteiger partial charge in [0.1, 0.15) is 0 Å². The van der Waals surface area contributed by atoms with Crippen molar-refractivity contribution in [2.75, 3.05) is 0 Å². The van der Waals surface area contributed by atoms with Crippen LogP contribution in [0.25, 0.3) is 76.5 Å². The van der Waals surface area contributed by atoms with Crippen LogP contribution in [0.4, 0.5) is 0 Å². The van der Waals surface area contributed by atoms with Crippen LogP contribution in [0.3, 0.4) is 0 Å². The van der Waals surface area contributed by atoms with Crippen molar-refractivity contribution in [1.82, 2.24) is 0 Å². The molecule has 0 unspecified atom stereocenters. The van der Waals surface area contributed by atoms with E-state index in [1.54, 1.807) is 0 Å². The Labute approximate surface area is 260 Å². The van der Waals surface area contributed by atoms with Gasteiger partial charge < -0.3 is 0 Å². The molecule has 8 rings (SSSR count). The summed E-state index contributed by atoms with van der Waals surface area (Å²) in [4.78, 5) is 0. The van der Waals surface area contributed by atoms with Crippen LogP contribution < -0.4 is 5.19 Å². The predicted molar refractivity (Wildman–Crippen MR) is 196 cm³/mol. The summed E-state index contributed by atoms with van der Waals surface area (Å²) in [7, 11) is -1.36. The minimum absolute atomic E-state index is 1.24. The first-order chi connectivity index (χ1) is 21.4. The van der Waals surface area contributed by atoms with E-state index in [0.29, 0.717) is 0 Å². The van der Waals surface area contributed by atoms with Crippen LogP contribution in [-0.4, -0.2) is 8.07 Å². The fraction of sp³-hybridized carbons (Fsp3) is 0.0698. The normalized spacial score (nSPS) is 12.0. The number of fused-ring (bicyclic) bond motifs is 4. The lowest BCUT2D eigenvalue weighted by Gasteiger charge is -2.19. The Morgan fingerprint density at radius 1 is 0.318 bits per heavy atom. The highest BCUT2D eigenvalue weighted by molar-refractivity contribution is 6.88. The minimum Gasteiger partial charge on any atom is -0.0656 e. The van der Waals surface area contributed by atoms with Crippen molar-refractivity contribution in [1.29, 1.82) is 0 Å². The number of rotatable bonds is 4. The summed E-state index contributed by atoms with van der Waals surface area (Å²) < 4.78 is 0. The first-order valence-electron chi connectivity index (χ1n) is 15.5. The van der Waals surface area contributed by atoms with Crippen molar-refractivity contribution in [3.8, 4) is 33.4 Å². The molecule has 0 saturated carbocycles. The third-order valence-corrected chi connectivity index (χ3v) is 11.2. The van der Waals surface area contributed by atoms with Crippen molar-refractivity contribution < 1.29 is 0 Å². The Hall–Kier alpha value is -4.98. The Morgan fingerprint density at radius 2 is 0.750 bits per heavy atom. The van der Waals surface area contributed by atoms with Gasteiger partial charge in [0, 0.05) is 0 Å². The van der Waals surface area contributed by atoms with E-state index < -0.39 is 8.07 Å². The molecule has 44 heavy (non-hydrogen) atoms. The fourth-order valence-corrected chi connectivity index (χ4v) is 8.01. The molecule has 0 N–H and O–H groups in total. The van der Waals surface area contributed by atoms with Crippen molar-refractivity contribution >= 4 is 56.4 Å². The molecule has 0 amide bonds. The molecule has 0 bridgehead atoms. The summed E-state index contributed by atoms with van der Waals surface area (Å²) in [5, 5.41) is 11.8. The smallest absolute Gasteiger partial charge is 0.0656 e. The number of hydrogen-bond donors (Lipinski definition) is 0. The summed E-state index contributed by atoms with van der Waals surface area (Å²) >= 11 is 0. The SMILES string of the molecule is C[Si](C)(C)c1ccc2cc(-c3cccc(-c4c5ccccc5c(-c5ccc6ccccc6c5)c5ccccc45)c3)ccc2c1. The Morgan fingerprint density at radius 3 is 1.41 bits per heavy atom. The topological polar surface area (TPSA) is 0 Å². The second-order valence-corrected chi connectivity index (χ2v) is 18.1. The molecular weight excluding hydrogens is 545 g/mol. The van der Waals surface area contributed by atoms with Gasteiger partial charge in [-0.25, -0.2) is 0 Å². The Balaban J connectivity index is 1.32. The molecule has 210 valence electrons. The van der Waals surface area contributed by atoms with E-state index in [4.69, 9.17) is 0 Å². The quantitative estimate of drug-likeness (QED) is 0.144. The highest BCUT2D eigenvalue weighted by atomic mass is 28.3. The first kappa shape index (κ1) is 26.6. The summed E-state index contributed by atoms with van der Waals surface area (Å²) in [6.45, 7) is 7.24. The summed E-state index contributed by atoms with van der Waals surface area (Å²) in [5.41, 5.74) is 7.59. The predicted octanol–water partition coefficient (Wildman–Crippen LogP) is 11.8. The van der Waals surface area contributed by atoms with Crippen LogP contribution in [0, 0.1) is 0 Å². The highest BCUT2D eigenvalue weighted by Gasteiger charge is 2.18. The van der Waals surface area contributed by atoms with Gasteiger partial charge in [-0.3, -0.25) is 0 Å². The maximum Gasteiger partial charge on any atom is 0.0776 e. The molecule has 0 atom stereocenters. The fourth-order valence-electron chi connectivity index (χ4n) is 6.84. The molecule has 8 aromatic carbocycles. The molecule has 0 radical (unpaired) electrons. The summed E-state index contributed by atoms with van der Waals surface area (Å²) in [6.07, 6.45) is 0. The van der Waals surface area contributed by atoms with Crippen molar-refractivity contribution in [3.05, 3.63) is 152 Å². The largest absolute Gasteiger partial charge is 0.0776 e. The van der Waals surface area contributed by atoms with Crippen LogP contribution in [0.2, 0.25) is 19.6 Å². The highest BCUT2D eigenvalue weighted by Crippen LogP contribution is 2.44. The van der Waals surface area contributed by atoms with Gasteiger partial charge in [0.05, 0.1) is 8.07 Å². The van der Waals surface area contributed by atoms with Gasteiger partial charge in [-0.2, -0.15) is 0 Å². The van der Waals surface area contributed by atoms with E-state index in [-0.39, 0.29) is 0 Å². The van der Waals surface area contributed by atoms with Crippen LogP contribution >= 0.6 is 0 Å². The lowest BCUT2D eigenvalue weighted by Crippen LogP contribution is -2.37. The summed E-state index contributed by atoms with van der Waals surface area (Å²) in [5.74, 6) is 0. The van der Waals surface area contributed by atoms with Crippen molar-refractivity contribution in [3.63, 3.8) is 0 Å². The molecule has 0 fully saturated rings. The van der Waals surface area contributed by atoms with Gasteiger partial charge in [0.2, 0.25) is 0 Å². The molecule has 0 aliphatic rings. The zero-order chi connectivity index (χ0) is 29.8. The molecule has 0 aromatic heterocycles. The third kappa shape index (κ3) is 4.52. The van der Waals surface area contributed by atoms with E-state index in [0.717, 1.165) is 0 Å². The van der Waals surface area contributed by atoms with E-state index in [1.165, 1.54) is 81.7 Å². The second-order valence-electron chi connectivity index (χ2n) is 13.0. The van der Waals surface area contributed by atoms with Gasteiger partial charge in [0.15, 0.2) is 0 Å². The molecule has 0 aliphatic heterocycles. The van der Waals surface area contributed by atoms with Crippen molar-refractivity contribution in [2.24, 2.45) is 0 Å². The lowest BCUT2D eigenvalue weighted by molar-refractivity contribution is 1.63. The Bertz CT molecular complexity index is 2310. The molecule has 0 saturated heterocycles. The zero-order valence-corrected chi connectivity index (χ0v) is 26.4. The standard InChI is InChI=1S/C43H34Si/c1-44(2,3)37-24-23-33-25-32(20-21-34(33)28-37)31-13-10-14-35(27-31)42-38-15-6-8-17-40(38)43(41-18-9-7-16-39(41)42)36-22-19-29-11-4-5-12-30(29)26-36/h4-28H,1-3H3. The monoisotopic (exact) mass is 578 g/mol. The van der Waals surface area contributed by atoms with Gasteiger partial charge in [-0.1, -0.05) is 158 Å². The van der Waals surface area contributed by atoms with E-state index in [2.05, 4.69) is 171 Å². The van der Waals surface area contributed by atoms with Crippen LogP contribution in [0.1, 0.15) is 0 Å². The maximum absolute atomic E-state index is 2.41. The lowest BCUT2D eigenvalue weighted by atomic mass is 9.85. The molecule has 0 aliphatic carbocycles. The van der Waals surface area contributed by atoms with Gasteiger partial charge in [0.25, 0.3) is 0 Å². The van der Waals surface area contributed by atoms with Gasteiger partial charge in [-0.05, 0) is 94.7 Å². The molecular formula is C43H34Si. The molecule has 8 aromatic rings. The summed E-state index contributed by atoms with van der Waals surface area (Å²) in [6, 6.07) is 56.4. The van der Waals surface area contributed by atoms with E-state index in [1.807, 2.05) is 0 Å². The van der Waals surface area contributed by atoms with Crippen molar-refractivity contribution in [2.45, 2.75) is 19.6 Å². The maximum atomic E-state index is 2.41. The zero-order valence-electron chi connectivity index (χ0n) is 25.4. The third-order valence-electron chi connectivity index (χ3n) is 9.16.